The topological polar surface area (TPSA) is 93.9 Å². The Morgan fingerprint density at radius 2 is 2.32 bits per heavy atom. The lowest BCUT2D eigenvalue weighted by Crippen LogP contribution is -2.39. The van der Waals surface area contributed by atoms with Crippen molar-refractivity contribution in [1.82, 2.24) is 0 Å². The van der Waals surface area contributed by atoms with Gasteiger partial charge in [-0.05, 0) is 18.2 Å². The lowest BCUT2D eigenvalue weighted by atomic mass is 10.1. The largest absolute Gasteiger partial charge is 0.466 e. The molecule has 19 heavy (non-hydrogen) atoms. The highest BCUT2D eigenvalue weighted by Crippen LogP contribution is 2.36. The van der Waals surface area contributed by atoms with E-state index in [1.54, 1.807) is 23.3 Å². The van der Waals surface area contributed by atoms with Crippen LogP contribution in [0.15, 0.2) is 18.2 Å². The van der Waals surface area contributed by atoms with Crippen LogP contribution >= 0.6 is 0 Å². The van der Waals surface area contributed by atoms with Gasteiger partial charge in [0.25, 0.3) is 0 Å². The Bertz CT molecular complexity index is 546. The first kappa shape index (κ1) is 11.8. The number of cyclic esters (lactones) is 1. The van der Waals surface area contributed by atoms with E-state index in [1.807, 2.05) is 0 Å². The molecule has 0 aliphatic carbocycles. The molecule has 3 N–H and O–H groups in total. The van der Waals surface area contributed by atoms with Gasteiger partial charge in [-0.15, -0.1) is 0 Å². The summed E-state index contributed by atoms with van der Waals surface area (Å²) in [5, 5.41) is 1.64. The van der Waals surface area contributed by atoms with Crippen molar-refractivity contribution in [2.24, 2.45) is 5.73 Å². The van der Waals surface area contributed by atoms with Gasteiger partial charge in [-0.25, -0.2) is 10.5 Å². The van der Waals surface area contributed by atoms with Crippen molar-refractivity contribution in [2.75, 3.05) is 17.2 Å². The molecule has 0 spiro atoms. The van der Waals surface area contributed by atoms with Gasteiger partial charge < -0.3 is 10.5 Å². The number of fused-ring (bicyclic) bond motifs is 1. The van der Waals surface area contributed by atoms with Crippen LogP contribution in [-0.4, -0.2) is 24.5 Å². The quantitative estimate of drug-likeness (QED) is 0.758. The van der Waals surface area contributed by atoms with Crippen LogP contribution in [0.3, 0.4) is 0 Å². The number of carbonyl (C=O) groups is 2. The number of hydroxylamine groups is 1. The van der Waals surface area contributed by atoms with Crippen LogP contribution in [0.25, 0.3) is 0 Å². The maximum absolute atomic E-state index is 11.3. The molecule has 7 nitrogen and oxygen atoms in total. The minimum absolute atomic E-state index is 0.0746. The fourth-order valence-corrected chi connectivity index (χ4v) is 2.24. The number of esters is 1. The van der Waals surface area contributed by atoms with Crippen LogP contribution in [0.2, 0.25) is 0 Å². The Kier molecular flexibility index (Phi) is 2.75. The number of benzene rings is 1. The van der Waals surface area contributed by atoms with Gasteiger partial charge in [0.15, 0.2) is 0 Å². The molecule has 0 aromatic heterocycles. The average molecular weight is 263 g/mol. The van der Waals surface area contributed by atoms with Crippen LogP contribution in [0, 0.1) is 0 Å². The van der Waals surface area contributed by atoms with E-state index in [4.69, 9.17) is 15.4 Å². The third-order valence-corrected chi connectivity index (χ3v) is 3.22. The van der Waals surface area contributed by atoms with Crippen molar-refractivity contribution in [3.8, 4) is 0 Å². The lowest BCUT2D eigenvalue weighted by Gasteiger charge is -2.29. The van der Waals surface area contributed by atoms with Gasteiger partial charge >= 0.3 is 5.97 Å². The standard InChI is InChI=1S/C12H13N3O4/c13-12(17)7-1-2-10-9(5-7)14-19-15(10)8-3-4-18-11(16)6-8/h1-2,5,8,14H,3-4,6H2,(H2,13,17). The zero-order chi connectivity index (χ0) is 13.4. The van der Waals surface area contributed by atoms with Crippen molar-refractivity contribution in [1.29, 1.82) is 0 Å². The molecule has 1 aromatic rings. The van der Waals surface area contributed by atoms with Gasteiger partial charge in [-0.2, -0.15) is 4.94 Å². The van der Waals surface area contributed by atoms with Gasteiger partial charge in [0, 0.05) is 12.0 Å². The fraction of sp³-hybridized carbons (Fsp3) is 0.333. The zero-order valence-corrected chi connectivity index (χ0v) is 10.1. The molecule has 100 valence electrons. The summed E-state index contributed by atoms with van der Waals surface area (Å²) in [7, 11) is 0. The van der Waals surface area contributed by atoms with Crippen LogP contribution < -0.4 is 16.3 Å². The summed E-state index contributed by atoms with van der Waals surface area (Å²) in [6.45, 7) is 0.387. The highest BCUT2D eigenvalue weighted by molar-refractivity contribution is 5.95. The molecule has 2 aliphatic heterocycles. The van der Waals surface area contributed by atoms with Gasteiger partial charge in [0.1, 0.15) is 0 Å². The Balaban J connectivity index is 1.85. The summed E-state index contributed by atoms with van der Waals surface area (Å²) >= 11 is 0. The number of nitrogens with zero attached hydrogens (tertiary/aromatic N) is 1. The highest BCUT2D eigenvalue weighted by atomic mass is 16.8. The van der Waals surface area contributed by atoms with Crippen LogP contribution in [0.4, 0.5) is 11.4 Å². The first-order valence-corrected chi connectivity index (χ1v) is 5.97. The van der Waals surface area contributed by atoms with E-state index in [0.29, 0.717) is 24.3 Å². The molecule has 2 aliphatic rings. The Labute approximate surface area is 109 Å². The normalized spacial score (nSPS) is 21.6. The lowest BCUT2D eigenvalue weighted by molar-refractivity contribution is -0.148. The summed E-state index contributed by atoms with van der Waals surface area (Å²) in [6, 6.07) is 4.93. The van der Waals surface area contributed by atoms with E-state index in [2.05, 4.69) is 5.48 Å². The third kappa shape index (κ3) is 2.08. The summed E-state index contributed by atoms with van der Waals surface area (Å²) in [4.78, 5) is 27.8. The summed E-state index contributed by atoms with van der Waals surface area (Å²) in [5.41, 5.74) is 9.79. The molecule has 1 atom stereocenters. The van der Waals surface area contributed by atoms with Crippen LogP contribution in [-0.2, 0) is 14.5 Å². The third-order valence-electron chi connectivity index (χ3n) is 3.22. The van der Waals surface area contributed by atoms with Crippen LogP contribution in [0.1, 0.15) is 23.2 Å². The zero-order valence-electron chi connectivity index (χ0n) is 10.1. The molecule has 0 radical (unpaired) electrons. The minimum Gasteiger partial charge on any atom is -0.466 e. The van der Waals surface area contributed by atoms with Gasteiger partial charge in [-0.1, -0.05) is 0 Å². The summed E-state index contributed by atoms with van der Waals surface area (Å²) < 4.78 is 4.90. The van der Waals surface area contributed by atoms with Crippen LogP contribution in [0.5, 0.6) is 0 Å². The molecule has 1 saturated heterocycles. The second-order valence-electron chi connectivity index (χ2n) is 4.48. The molecular formula is C12H13N3O4. The maximum atomic E-state index is 11.3. The van der Waals surface area contributed by atoms with Gasteiger partial charge in [-0.3, -0.25) is 9.59 Å². The predicted octanol–water partition coefficient (Wildman–Crippen LogP) is 0.570. The van der Waals surface area contributed by atoms with E-state index >= 15 is 0 Å². The monoisotopic (exact) mass is 263 g/mol. The number of ether oxygens (including phenoxy) is 1. The van der Waals surface area contributed by atoms with E-state index in [0.717, 1.165) is 5.69 Å². The second kappa shape index (κ2) is 4.43. The van der Waals surface area contributed by atoms with Crippen molar-refractivity contribution in [3.05, 3.63) is 23.8 Å². The predicted molar refractivity (Wildman–Crippen MR) is 66.1 cm³/mol. The Morgan fingerprint density at radius 1 is 1.47 bits per heavy atom. The molecule has 1 aromatic carbocycles. The smallest absolute Gasteiger partial charge is 0.307 e. The molecular weight excluding hydrogens is 250 g/mol. The first-order chi connectivity index (χ1) is 9.15. The SMILES string of the molecule is NC(=O)c1ccc2c(c1)NON2C1CCOC(=O)C1. The van der Waals surface area contributed by atoms with Gasteiger partial charge in [0.05, 0.1) is 30.4 Å². The van der Waals surface area contributed by atoms with Gasteiger partial charge in [0.2, 0.25) is 5.91 Å². The number of hydrogen-bond acceptors (Lipinski definition) is 6. The first-order valence-electron chi connectivity index (χ1n) is 5.97. The second-order valence-corrected chi connectivity index (χ2v) is 4.48. The molecule has 7 heteroatoms. The summed E-state index contributed by atoms with van der Waals surface area (Å²) in [6.07, 6.45) is 0.975. The highest BCUT2D eigenvalue weighted by Gasteiger charge is 2.32. The Morgan fingerprint density at radius 3 is 3.05 bits per heavy atom. The molecule has 1 fully saturated rings. The summed E-state index contributed by atoms with van der Waals surface area (Å²) in [5.74, 6) is -0.730. The van der Waals surface area contributed by atoms with Crippen molar-refractivity contribution >= 4 is 23.3 Å². The minimum atomic E-state index is -0.496. The number of nitrogens with two attached hydrogens (primary N) is 1. The van der Waals surface area contributed by atoms with E-state index in [1.165, 1.54) is 0 Å². The van der Waals surface area contributed by atoms with E-state index in [9.17, 15) is 9.59 Å². The van der Waals surface area contributed by atoms with Crippen molar-refractivity contribution in [2.45, 2.75) is 18.9 Å². The molecule has 3 rings (SSSR count). The number of primary amides is 1. The number of rotatable bonds is 2. The average Bonchev–Trinajstić information content (AvgIpc) is 2.81. The fourth-order valence-electron chi connectivity index (χ4n) is 2.24. The van der Waals surface area contributed by atoms with Crippen molar-refractivity contribution in [3.63, 3.8) is 0 Å². The molecule has 1 amide bonds. The molecule has 1 unspecified atom stereocenters. The van der Waals surface area contributed by atoms with Crippen molar-refractivity contribution < 1.29 is 19.3 Å². The number of amides is 1. The number of nitrogens with one attached hydrogen (secondary N) is 1. The molecule has 2 heterocycles. The molecule has 0 bridgehead atoms. The maximum Gasteiger partial charge on any atom is 0.307 e. The molecule has 0 saturated carbocycles. The number of anilines is 2. The number of carbonyl (C=O) groups excluding carboxylic acids is 2. The Hall–Kier alpha value is -2.28. The number of hydrogen-bond donors (Lipinski definition) is 2. The van der Waals surface area contributed by atoms with E-state index < -0.39 is 5.91 Å². The van der Waals surface area contributed by atoms with E-state index in [-0.39, 0.29) is 18.4 Å².